The van der Waals surface area contributed by atoms with Crippen LogP contribution in [0, 0.1) is 0 Å². The van der Waals surface area contributed by atoms with Gasteiger partial charge in [0, 0.05) is 12.5 Å². The first-order valence-electron chi connectivity index (χ1n) is 8.06. The summed E-state index contributed by atoms with van der Waals surface area (Å²) in [6, 6.07) is 18.3. The molecule has 0 aromatic heterocycles. The smallest absolute Gasteiger partial charge is 0.410 e. The van der Waals surface area contributed by atoms with Gasteiger partial charge in [-0.25, -0.2) is 4.79 Å². The van der Waals surface area contributed by atoms with Gasteiger partial charge in [-0.2, -0.15) is 0 Å². The zero-order chi connectivity index (χ0) is 15.6. The van der Waals surface area contributed by atoms with Crippen molar-refractivity contribution in [2.24, 2.45) is 0 Å². The summed E-state index contributed by atoms with van der Waals surface area (Å²) >= 11 is 0. The number of fused-ring (bicyclic) bond motifs is 5. The molecule has 0 saturated heterocycles. The minimum absolute atomic E-state index is 0.120. The summed E-state index contributed by atoms with van der Waals surface area (Å²) in [4.78, 5) is 14.4. The second-order valence-electron chi connectivity index (χ2n) is 6.11. The van der Waals surface area contributed by atoms with Gasteiger partial charge in [-0.3, -0.25) is 4.90 Å². The fraction of sp³-hybridized carbons (Fsp3) is 0.250. The van der Waals surface area contributed by atoms with Gasteiger partial charge in [-0.1, -0.05) is 66.7 Å². The molecule has 0 saturated carbocycles. The zero-order valence-electron chi connectivity index (χ0n) is 12.9. The van der Waals surface area contributed by atoms with E-state index in [1.807, 2.05) is 41.3 Å². The topological polar surface area (TPSA) is 29.5 Å². The number of hydrogen-bond acceptors (Lipinski definition) is 2. The molecule has 0 radical (unpaired) electrons. The molecule has 1 aliphatic carbocycles. The molecule has 2 atom stereocenters. The zero-order valence-corrected chi connectivity index (χ0v) is 12.9. The van der Waals surface area contributed by atoms with Crippen LogP contribution in [0.5, 0.6) is 0 Å². The maximum atomic E-state index is 12.6. The highest BCUT2D eigenvalue weighted by Crippen LogP contribution is 2.45. The predicted octanol–water partition coefficient (Wildman–Crippen LogP) is 4.42. The molecule has 2 bridgehead atoms. The molecule has 2 aromatic rings. The molecule has 0 fully saturated rings. The van der Waals surface area contributed by atoms with Gasteiger partial charge in [0.1, 0.15) is 6.61 Å². The average molecular weight is 305 g/mol. The maximum absolute atomic E-state index is 12.6. The number of carbonyl (C=O) groups excluding carboxylic acids is 1. The second kappa shape index (κ2) is 5.92. The van der Waals surface area contributed by atoms with E-state index in [0.29, 0.717) is 19.1 Å². The van der Waals surface area contributed by atoms with Crippen LogP contribution in [0.4, 0.5) is 4.79 Å². The van der Waals surface area contributed by atoms with Crippen LogP contribution in [-0.2, 0) is 11.3 Å². The van der Waals surface area contributed by atoms with E-state index in [9.17, 15) is 4.79 Å². The Morgan fingerprint density at radius 3 is 2.61 bits per heavy atom. The Morgan fingerprint density at radius 2 is 1.78 bits per heavy atom. The fourth-order valence-corrected chi connectivity index (χ4v) is 3.59. The summed E-state index contributed by atoms with van der Waals surface area (Å²) in [5.41, 5.74) is 3.61. The molecule has 0 N–H and O–H groups in total. The molecule has 2 aliphatic rings. The molecule has 3 nitrogen and oxygen atoms in total. The van der Waals surface area contributed by atoms with Crippen LogP contribution < -0.4 is 0 Å². The third kappa shape index (κ3) is 2.63. The van der Waals surface area contributed by atoms with Crippen LogP contribution in [0.15, 0.2) is 66.7 Å². The lowest BCUT2D eigenvalue weighted by atomic mass is 10.0. The summed E-state index contributed by atoms with van der Waals surface area (Å²) in [5, 5.41) is 0. The van der Waals surface area contributed by atoms with E-state index < -0.39 is 0 Å². The first-order valence-corrected chi connectivity index (χ1v) is 8.06. The van der Waals surface area contributed by atoms with Gasteiger partial charge < -0.3 is 4.74 Å². The Kier molecular flexibility index (Phi) is 3.62. The Hall–Kier alpha value is -2.55. The molecule has 0 spiro atoms. The van der Waals surface area contributed by atoms with E-state index in [0.717, 1.165) is 12.0 Å². The van der Waals surface area contributed by atoms with Gasteiger partial charge >= 0.3 is 6.09 Å². The van der Waals surface area contributed by atoms with Crippen LogP contribution in [-0.4, -0.2) is 17.5 Å². The van der Waals surface area contributed by atoms with Crippen LogP contribution in [0.3, 0.4) is 0 Å². The monoisotopic (exact) mass is 305 g/mol. The number of benzene rings is 2. The van der Waals surface area contributed by atoms with Gasteiger partial charge in [0.05, 0.1) is 6.04 Å². The molecular formula is C20H19NO2. The van der Waals surface area contributed by atoms with E-state index in [1.165, 1.54) is 11.1 Å². The summed E-state index contributed by atoms with van der Waals surface area (Å²) in [6.45, 7) is 0.931. The van der Waals surface area contributed by atoms with Gasteiger partial charge in [-0.15, -0.1) is 0 Å². The highest BCUT2D eigenvalue weighted by molar-refractivity contribution is 5.69. The number of nitrogens with zero attached hydrogens (tertiary/aromatic N) is 1. The highest BCUT2D eigenvalue weighted by Gasteiger charge is 2.37. The lowest BCUT2D eigenvalue weighted by Crippen LogP contribution is -2.34. The number of carbonyl (C=O) groups is 1. The molecule has 23 heavy (non-hydrogen) atoms. The van der Waals surface area contributed by atoms with Crippen molar-refractivity contribution >= 4 is 6.09 Å². The quantitative estimate of drug-likeness (QED) is 0.768. The minimum atomic E-state index is -0.235. The van der Waals surface area contributed by atoms with Crippen molar-refractivity contribution in [1.29, 1.82) is 0 Å². The first-order chi connectivity index (χ1) is 11.3. The van der Waals surface area contributed by atoms with E-state index in [2.05, 4.69) is 30.4 Å². The van der Waals surface area contributed by atoms with Crippen molar-refractivity contribution in [3.63, 3.8) is 0 Å². The third-order valence-electron chi connectivity index (χ3n) is 4.72. The van der Waals surface area contributed by atoms with Gasteiger partial charge in [0.15, 0.2) is 0 Å². The van der Waals surface area contributed by atoms with Crippen LogP contribution in [0.25, 0.3) is 0 Å². The Morgan fingerprint density at radius 1 is 1.04 bits per heavy atom. The van der Waals surface area contributed by atoms with Crippen molar-refractivity contribution in [3.05, 3.63) is 83.4 Å². The Balaban J connectivity index is 1.52. The molecule has 2 aromatic carbocycles. The van der Waals surface area contributed by atoms with Crippen LogP contribution >= 0.6 is 0 Å². The number of rotatable bonds is 2. The highest BCUT2D eigenvalue weighted by atomic mass is 16.6. The SMILES string of the molecule is O=C(OCc1ccccc1)N1CC=C[C@@H]2C[C@@H]1c1ccccc12. The molecule has 4 rings (SSSR count). The molecule has 116 valence electrons. The third-order valence-corrected chi connectivity index (χ3v) is 4.72. The van der Waals surface area contributed by atoms with E-state index >= 15 is 0 Å². The molecule has 1 aliphatic heterocycles. The molecule has 0 unspecified atom stereocenters. The van der Waals surface area contributed by atoms with Crippen molar-refractivity contribution in [3.8, 4) is 0 Å². The van der Waals surface area contributed by atoms with Gasteiger partial charge in [-0.05, 0) is 23.1 Å². The van der Waals surface area contributed by atoms with E-state index in [4.69, 9.17) is 4.74 Å². The van der Waals surface area contributed by atoms with E-state index in [-0.39, 0.29) is 12.1 Å². The molecule has 1 amide bonds. The second-order valence-corrected chi connectivity index (χ2v) is 6.11. The summed E-state index contributed by atoms with van der Waals surface area (Å²) in [6.07, 6.45) is 5.03. The fourth-order valence-electron chi connectivity index (χ4n) is 3.59. The van der Waals surface area contributed by atoms with Crippen LogP contribution in [0.2, 0.25) is 0 Å². The normalized spacial score (nSPS) is 21.7. The number of allylic oxidation sites excluding steroid dienone is 1. The summed E-state index contributed by atoms with van der Waals surface area (Å²) in [5.74, 6) is 0.420. The average Bonchev–Trinajstić information content (AvgIpc) is 2.80. The van der Waals surface area contributed by atoms with Crippen molar-refractivity contribution in [1.82, 2.24) is 4.90 Å². The molecule has 1 heterocycles. The molecular weight excluding hydrogens is 286 g/mol. The summed E-state index contributed by atoms with van der Waals surface area (Å²) < 4.78 is 5.54. The Bertz CT molecular complexity index is 738. The van der Waals surface area contributed by atoms with Gasteiger partial charge in [0.2, 0.25) is 0 Å². The number of amides is 1. The first kappa shape index (κ1) is 14.1. The van der Waals surface area contributed by atoms with Crippen molar-refractivity contribution in [2.45, 2.75) is 25.0 Å². The largest absolute Gasteiger partial charge is 0.445 e. The summed E-state index contributed by atoms with van der Waals surface area (Å²) in [7, 11) is 0. The number of hydrogen-bond donors (Lipinski definition) is 0. The van der Waals surface area contributed by atoms with E-state index in [1.54, 1.807) is 0 Å². The Labute approximate surface area is 136 Å². The maximum Gasteiger partial charge on any atom is 0.410 e. The lowest BCUT2D eigenvalue weighted by Gasteiger charge is -2.27. The lowest BCUT2D eigenvalue weighted by molar-refractivity contribution is 0.0855. The minimum Gasteiger partial charge on any atom is -0.445 e. The van der Waals surface area contributed by atoms with Crippen molar-refractivity contribution in [2.75, 3.05) is 6.54 Å². The molecule has 3 heteroatoms. The van der Waals surface area contributed by atoms with Crippen LogP contribution in [0.1, 0.15) is 35.1 Å². The predicted molar refractivity (Wildman–Crippen MR) is 89.0 cm³/mol. The van der Waals surface area contributed by atoms with Gasteiger partial charge in [0.25, 0.3) is 0 Å². The standard InChI is InChI=1S/C20H19NO2/c22-20(23-14-15-7-2-1-3-8-15)21-12-6-9-16-13-19(21)18-11-5-4-10-17(16)18/h1-11,16,19H,12-14H2/t16-,19-/m1/s1. The number of ether oxygens (including phenoxy) is 1. The van der Waals surface area contributed by atoms with Crippen molar-refractivity contribution < 1.29 is 9.53 Å².